The van der Waals surface area contributed by atoms with Crippen molar-refractivity contribution in [3.05, 3.63) is 64.2 Å². The molecule has 0 bridgehead atoms. The molecule has 0 radical (unpaired) electrons. The molecule has 112 valence electrons. The number of aliphatic hydroxyl groups excluding tert-OH is 1. The van der Waals surface area contributed by atoms with E-state index in [9.17, 15) is 9.90 Å². The molecule has 1 heterocycles. The minimum atomic E-state index is -0.713. The lowest BCUT2D eigenvalue weighted by molar-refractivity contribution is -0.123. The summed E-state index contributed by atoms with van der Waals surface area (Å²) in [4.78, 5) is 12.2. The van der Waals surface area contributed by atoms with E-state index >= 15 is 0 Å². The summed E-state index contributed by atoms with van der Waals surface area (Å²) >= 11 is 5.89. The van der Waals surface area contributed by atoms with E-state index in [2.05, 4.69) is 5.32 Å². The van der Waals surface area contributed by atoms with E-state index < -0.39 is 6.10 Å². The van der Waals surface area contributed by atoms with E-state index in [-0.39, 0.29) is 11.3 Å². The number of nitrogens with one attached hydrogen (secondary N) is 1. The second kappa shape index (κ2) is 4.83. The maximum absolute atomic E-state index is 12.2. The van der Waals surface area contributed by atoms with Gasteiger partial charge in [0.1, 0.15) is 6.10 Å². The van der Waals surface area contributed by atoms with Gasteiger partial charge in [-0.15, -0.1) is 0 Å². The van der Waals surface area contributed by atoms with Crippen molar-refractivity contribution in [2.24, 2.45) is 0 Å². The van der Waals surface area contributed by atoms with Crippen molar-refractivity contribution in [1.82, 2.24) is 0 Å². The van der Waals surface area contributed by atoms with Gasteiger partial charge in [-0.05, 0) is 53.8 Å². The van der Waals surface area contributed by atoms with E-state index in [1.165, 1.54) is 0 Å². The van der Waals surface area contributed by atoms with Crippen LogP contribution in [0.5, 0.6) is 0 Å². The summed E-state index contributed by atoms with van der Waals surface area (Å²) < 4.78 is 0. The van der Waals surface area contributed by atoms with Gasteiger partial charge in [0.15, 0.2) is 0 Å². The molecule has 1 unspecified atom stereocenters. The van der Waals surface area contributed by atoms with Gasteiger partial charge in [-0.1, -0.05) is 36.2 Å². The minimum Gasteiger partial charge on any atom is -0.384 e. The molecule has 22 heavy (non-hydrogen) atoms. The van der Waals surface area contributed by atoms with Gasteiger partial charge in [-0.25, -0.2) is 0 Å². The first kappa shape index (κ1) is 13.8. The van der Waals surface area contributed by atoms with E-state index in [4.69, 9.17) is 11.6 Å². The molecule has 1 saturated carbocycles. The molecule has 0 saturated heterocycles. The first-order valence-electron chi connectivity index (χ1n) is 7.50. The molecule has 2 aliphatic rings. The largest absolute Gasteiger partial charge is 0.384 e. The Morgan fingerprint density at radius 1 is 1.09 bits per heavy atom. The Labute approximate surface area is 133 Å². The third-order valence-corrected chi connectivity index (χ3v) is 5.20. The summed E-state index contributed by atoms with van der Waals surface area (Å²) in [6.45, 7) is 0. The number of amides is 1. The van der Waals surface area contributed by atoms with Gasteiger partial charge >= 0.3 is 0 Å². The molecule has 0 aromatic heterocycles. The summed E-state index contributed by atoms with van der Waals surface area (Å²) in [6.07, 6.45) is 2.16. The van der Waals surface area contributed by atoms with Gasteiger partial charge in [-0.3, -0.25) is 4.79 Å². The molecular weight excluding hydrogens is 298 g/mol. The Morgan fingerprint density at radius 3 is 2.41 bits per heavy atom. The topological polar surface area (TPSA) is 49.3 Å². The van der Waals surface area contributed by atoms with Crippen molar-refractivity contribution in [2.45, 2.75) is 30.8 Å². The van der Waals surface area contributed by atoms with Crippen molar-refractivity contribution in [3.63, 3.8) is 0 Å². The van der Waals surface area contributed by atoms with Gasteiger partial charge in [0.05, 0.1) is 5.41 Å². The third kappa shape index (κ3) is 1.89. The molecule has 1 aliphatic heterocycles. The SMILES string of the molecule is O=C1Nc2ccc(C(O)c3ccc(Cl)cc3)cc2C12CCC2. The average Bonchev–Trinajstić information content (AvgIpc) is 2.78. The van der Waals surface area contributed by atoms with Crippen molar-refractivity contribution in [1.29, 1.82) is 0 Å². The molecule has 1 amide bonds. The number of carbonyl (C=O) groups excluding carboxylic acids is 1. The first-order chi connectivity index (χ1) is 10.6. The van der Waals surface area contributed by atoms with Gasteiger partial charge < -0.3 is 10.4 Å². The number of hydrogen-bond acceptors (Lipinski definition) is 2. The average molecular weight is 314 g/mol. The fourth-order valence-electron chi connectivity index (χ4n) is 3.47. The smallest absolute Gasteiger partial charge is 0.235 e. The summed E-state index contributed by atoms with van der Waals surface area (Å²) in [5.74, 6) is 0.104. The maximum Gasteiger partial charge on any atom is 0.235 e. The van der Waals surface area contributed by atoms with Crippen molar-refractivity contribution >= 4 is 23.2 Å². The highest BCUT2D eigenvalue weighted by molar-refractivity contribution is 6.30. The fourth-order valence-corrected chi connectivity index (χ4v) is 3.59. The summed E-state index contributed by atoms with van der Waals surface area (Å²) in [7, 11) is 0. The zero-order valence-electron chi connectivity index (χ0n) is 12.0. The van der Waals surface area contributed by atoms with Crippen LogP contribution < -0.4 is 5.32 Å². The molecule has 1 spiro atoms. The molecule has 1 fully saturated rings. The zero-order chi connectivity index (χ0) is 15.3. The van der Waals surface area contributed by atoms with E-state index in [1.54, 1.807) is 12.1 Å². The summed E-state index contributed by atoms with van der Waals surface area (Å²) in [5, 5.41) is 14.2. The van der Waals surface area contributed by atoms with Gasteiger partial charge in [0.25, 0.3) is 0 Å². The third-order valence-electron chi connectivity index (χ3n) is 4.95. The maximum atomic E-state index is 12.2. The van der Waals surface area contributed by atoms with E-state index in [0.717, 1.165) is 41.6 Å². The molecule has 1 aliphatic carbocycles. The number of anilines is 1. The Hall–Kier alpha value is -1.84. The number of rotatable bonds is 2. The van der Waals surface area contributed by atoms with Gasteiger partial charge in [0, 0.05) is 10.7 Å². The Kier molecular flexibility index (Phi) is 3.03. The normalized spacial score (nSPS) is 19.5. The molecular formula is C18H16ClNO2. The molecule has 2 aromatic rings. The molecule has 4 rings (SSSR count). The minimum absolute atomic E-state index is 0.104. The van der Waals surface area contributed by atoms with E-state index in [1.807, 2.05) is 30.3 Å². The van der Waals surface area contributed by atoms with Crippen LogP contribution in [0.15, 0.2) is 42.5 Å². The number of fused-ring (bicyclic) bond motifs is 2. The zero-order valence-corrected chi connectivity index (χ0v) is 12.7. The standard InChI is InChI=1S/C18H16ClNO2/c19-13-5-2-11(3-6-13)16(21)12-4-7-15-14(10-12)18(8-1-9-18)17(22)20-15/h2-7,10,16,21H,1,8-9H2,(H,20,22). The lowest BCUT2D eigenvalue weighted by atomic mass is 9.65. The van der Waals surface area contributed by atoms with Crippen LogP contribution in [0.4, 0.5) is 5.69 Å². The molecule has 2 N–H and O–H groups in total. The number of carbonyl (C=O) groups is 1. The summed E-state index contributed by atoms with van der Waals surface area (Å²) in [6, 6.07) is 12.9. The highest BCUT2D eigenvalue weighted by Crippen LogP contribution is 2.51. The molecule has 1 atom stereocenters. The van der Waals surface area contributed by atoms with Crippen molar-refractivity contribution in [3.8, 4) is 0 Å². The highest BCUT2D eigenvalue weighted by Gasteiger charge is 2.51. The lowest BCUT2D eigenvalue weighted by Crippen LogP contribution is -2.40. The van der Waals surface area contributed by atoms with Crippen LogP contribution >= 0.6 is 11.6 Å². The van der Waals surface area contributed by atoms with Crippen LogP contribution in [0.3, 0.4) is 0 Å². The fraction of sp³-hybridized carbons (Fsp3) is 0.278. The van der Waals surface area contributed by atoms with E-state index in [0.29, 0.717) is 5.02 Å². The van der Waals surface area contributed by atoms with Crippen LogP contribution in [0.2, 0.25) is 5.02 Å². The second-order valence-corrected chi connectivity index (χ2v) is 6.59. The molecule has 4 heteroatoms. The monoisotopic (exact) mass is 313 g/mol. The molecule has 3 nitrogen and oxygen atoms in total. The predicted molar refractivity (Wildman–Crippen MR) is 86.1 cm³/mol. The van der Waals surface area contributed by atoms with Crippen LogP contribution in [-0.4, -0.2) is 11.0 Å². The lowest BCUT2D eigenvalue weighted by Gasteiger charge is -2.36. The van der Waals surface area contributed by atoms with Gasteiger partial charge in [0.2, 0.25) is 5.91 Å². The highest BCUT2D eigenvalue weighted by atomic mass is 35.5. The Morgan fingerprint density at radius 2 is 1.77 bits per heavy atom. The predicted octanol–water partition coefficient (Wildman–Crippen LogP) is 3.80. The second-order valence-electron chi connectivity index (χ2n) is 6.15. The van der Waals surface area contributed by atoms with Crippen molar-refractivity contribution < 1.29 is 9.90 Å². The number of benzene rings is 2. The number of halogens is 1. The Bertz CT molecular complexity index is 750. The number of aliphatic hydroxyl groups is 1. The number of hydrogen-bond donors (Lipinski definition) is 2. The quantitative estimate of drug-likeness (QED) is 0.886. The van der Waals surface area contributed by atoms with Crippen LogP contribution in [-0.2, 0) is 10.2 Å². The Balaban J connectivity index is 1.73. The van der Waals surface area contributed by atoms with Crippen molar-refractivity contribution in [2.75, 3.05) is 5.32 Å². The van der Waals surface area contributed by atoms with Crippen LogP contribution in [0.1, 0.15) is 42.1 Å². The summed E-state index contributed by atoms with van der Waals surface area (Å²) in [5.41, 5.74) is 3.17. The van der Waals surface area contributed by atoms with Crippen LogP contribution in [0.25, 0.3) is 0 Å². The van der Waals surface area contributed by atoms with Gasteiger partial charge in [-0.2, -0.15) is 0 Å². The molecule has 2 aromatic carbocycles. The van der Waals surface area contributed by atoms with Crippen LogP contribution in [0, 0.1) is 0 Å². The first-order valence-corrected chi connectivity index (χ1v) is 7.87.